The van der Waals surface area contributed by atoms with Gasteiger partial charge in [0.15, 0.2) is 5.96 Å². The first kappa shape index (κ1) is 21.8. The SMILES string of the molecule is Cc1ccc(Cc2cccc([C@]3(C)CC(=O)N([C@@H]4CCO[C@@H](C)C4)C(N)=N3)c2Cl)cn1. The van der Waals surface area contributed by atoms with Crippen LogP contribution in [0.25, 0.3) is 0 Å². The minimum atomic E-state index is -0.799. The van der Waals surface area contributed by atoms with E-state index >= 15 is 0 Å². The monoisotopic (exact) mass is 440 g/mol. The lowest BCUT2D eigenvalue weighted by molar-refractivity contribution is -0.133. The molecular weight excluding hydrogens is 412 g/mol. The first-order valence-corrected chi connectivity index (χ1v) is 11.1. The topological polar surface area (TPSA) is 80.8 Å². The van der Waals surface area contributed by atoms with Crippen molar-refractivity contribution in [1.82, 2.24) is 9.88 Å². The summed E-state index contributed by atoms with van der Waals surface area (Å²) < 4.78 is 5.62. The summed E-state index contributed by atoms with van der Waals surface area (Å²) in [6.45, 7) is 6.54. The number of carbonyl (C=O) groups is 1. The van der Waals surface area contributed by atoms with E-state index in [1.807, 2.05) is 51.2 Å². The number of nitrogens with two attached hydrogens (primary N) is 1. The van der Waals surface area contributed by atoms with E-state index in [-0.39, 0.29) is 30.4 Å². The van der Waals surface area contributed by atoms with Crippen LogP contribution in [0.3, 0.4) is 0 Å². The molecule has 3 atom stereocenters. The Morgan fingerprint density at radius 1 is 1.32 bits per heavy atom. The summed E-state index contributed by atoms with van der Waals surface area (Å²) in [5.41, 5.74) is 9.41. The minimum absolute atomic E-state index is 0.0155. The van der Waals surface area contributed by atoms with Crippen molar-refractivity contribution in [2.45, 2.75) is 64.1 Å². The number of amides is 1. The lowest BCUT2D eigenvalue weighted by atomic mass is 9.85. The average molecular weight is 441 g/mol. The van der Waals surface area contributed by atoms with Gasteiger partial charge in [-0.25, -0.2) is 4.99 Å². The number of rotatable bonds is 4. The maximum atomic E-state index is 13.2. The van der Waals surface area contributed by atoms with Gasteiger partial charge in [-0.3, -0.25) is 14.7 Å². The maximum absolute atomic E-state index is 13.2. The number of carbonyl (C=O) groups excluding carboxylic acids is 1. The quantitative estimate of drug-likeness (QED) is 0.780. The van der Waals surface area contributed by atoms with E-state index in [0.29, 0.717) is 18.1 Å². The maximum Gasteiger partial charge on any atom is 0.232 e. The number of ether oxygens (including phenoxy) is 1. The molecule has 1 aromatic carbocycles. The van der Waals surface area contributed by atoms with Gasteiger partial charge in [0.1, 0.15) is 0 Å². The number of aromatic nitrogens is 1. The fourth-order valence-corrected chi connectivity index (χ4v) is 4.96. The van der Waals surface area contributed by atoms with Gasteiger partial charge in [0.05, 0.1) is 18.1 Å². The van der Waals surface area contributed by atoms with Gasteiger partial charge in [-0.1, -0.05) is 35.9 Å². The Morgan fingerprint density at radius 2 is 2.13 bits per heavy atom. The van der Waals surface area contributed by atoms with E-state index in [2.05, 4.69) is 11.1 Å². The van der Waals surface area contributed by atoms with Crippen LogP contribution in [-0.4, -0.2) is 40.5 Å². The standard InChI is InChI=1S/C24H29ClN4O2/c1-15-7-8-17(14-27-15)12-18-5-4-6-20(22(18)25)24(3)13-21(30)29(23(26)28-24)19-9-10-31-16(2)11-19/h4-8,14,16,19H,9-13H2,1-3H3,(H2,26,28)/t16-,19+,24-/m0/s1. The third-order valence-electron chi connectivity index (χ3n) is 6.22. The summed E-state index contributed by atoms with van der Waals surface area (Å²) in [5.74, 6) is 0.250. The average Bonchev–Trinajstić information content (AvgIpc) is 2.70. The van der Waals surface area contributed by atoms with Crippen molar-refractivity contribution in [3.8, 4) is 0 Å². The molecule has 7 heteroatoms. The van der Waals surface area contributed by atoms with Crippen LogP contribution >= 0.6 is 11.6 Å². The highest BCUT2D eigenvalue weighted by atomic mass is 35.5. The summed E-state index contributed by atoms with van der Waals surface area (Å²) in [7, 11) is 0. The van der Waals surface area contributed by atoms with Gasteiger partial charge in [-0.2, -0.15) is 0 Å². The third-order valence-corrected chi connectivity index (χ3v) is 6.67. The molecule has 1 saturated heterocycles. The predicted molar refractivity (Wildman–Crippen MR) is 122 cm³/mol. The first-order chi connectivity index (χ1) is 14.8. The molecule has 0 saturated carbocycles. The lowest BCUT2D eigenvalue weighted by Crippen LogP contribution is -2.56. The van der Waals surface area contributed by atoms with Crippen molar-refractivity contribution in [1.29, 1.82) is 0 Å². The summed E-state index contributed by atoms with van der Waals surface area (Å²) in [5, 5.41) is 0.628. The van der Waals surface area contributed by atoms with Crippen LogP contribution in [0, 0.1) is 6.92 Å². The van der Waals surface area contributed by atoms with Gasteiger partial charge in [0, 0.05) is 36.0 Å². The van der Waals surface area contributed by atoms with Crippen molar-refractivity contribution in [2.75, 3.05) is 6.61 Å². The number of nitrogens with zero attached hydrogens (tertiary/aromatic N) is 3. The number of hydrogen-bond acceptors (Lipinski definition) is 5. The number of benzene rings is 1. The second kappa shape index (κ2) is 8.60. The number of aliphatic imine (C=N–C) groups is 1. The van der Waals surface area contributed by atoms with Gasteiger partial charge in [-0.05, 0) is 56.4 Å². The Balaban J connectivity index is 1.63. The zero-order valence-electron chi connectivity index (χ0n) is 18.3. The lowest BCUT2D eigenvalue weighted by Gasteiger charge is -2.41. The molecule has 0 radical (unpaired) electrons. The first-order valence-electron chi connectivity index (χ1n) is 10.8. The van der Waals surface area contributed by atoms with Gasteiger partial charge in [0.2, 0.25) is 5.91 Å². The van der Waals surface area contributed by atoms with Gasteiger partial charge >= 0.3 is 0 Å². The van der Waals surface area contributed by atoms with Crippen molar-refractivity contribution < 1.29 is 9.53 Å². The van der Waals surface area contributed by atoms with E-state index in [0.717, 1.165) is 35.2 Å². The molecule has 2 aliphatic rings. The molecule has 0 spiro atoms. The highest BCUT2D eigenvalue weighted by Gasteiger charge is 2.42. The Kier molecular flexibility index (Phi) is 6.04. The molecule has 4 rings (SSSR count). The van der Waals surface area contributed by atoms with Gasteiger partial charge in [0.25, 0.3) is 0 Å². The molecule has 0 aliphatic carbocycles. The second-order valence-corrected chi connectivity index (χ2v) is 9.19. The van der Waals surface area contributed by atoms with Crippen molar-refractivity contribution >= 4 is 23.5 Å². The molecule has 0 unspecified atom stereocenters. The number of guanidine groups is 1. The van der Waals surface area contributed by atoms with Gasteiger partial charge in [-0.15, -0.1) is 0 Å². The molecule has 31 heavy (non-hydrogen) atoms. The van der Waals surface area contributed by atoms with Crippen molar-refractivity contribution in [3.63, 3.8) is 0 Å². The number of hydrogen-bond donors (Lipinski definition) is 1. The van der Waals surface area contributed by atoms with E-state index in [4.69, 9.17) is 27.1 Å². The molecular formula is C24H29ClN4O2. The van der Waals surface area contributed by atoms with E-state index in [1.54, 1.807) is 4.90 Å². The molecule has 1 amide bonds. The number of pyridine rings is 1. The molecule has 1 fully saturated rings. The highest BCUT2D eigenvalue weighted by Crippen LogP contribution is 2.40. The van der Waals surface area contributed by atoms with Crippen LogP contribution in [0.2, 0.25) is 5.02 Å². The molecule has 164 valence electrons. The minimum Gasteiger partial charge on any atom is -0.378 e. The third kappa shape index (κ3) is 4.46. The largest absolute Gasteiger partial charge is 0.378 e. The predicted octanol–water partition coefficient (Wildman–Crippen LogP) is 3.96. The molecule has 3 heterocycles. The summed E-state index contributed by atoms with van der Waals surface area (Å²) in [6, 6.07) is 9.98. The van der Waals surface area contributed by atoms with Crippen LogP contribution < -0.4 is 5.73 Å². The summed E-state index contributed by atoms with van der Waals surface area (Å²) in [6.07, 6.45) is 4.40. The summed E-state index contributed by atoms with van der Waals surface area (Å²) >= 11 is 6.84. The number of aryl methyl sites for hydroxylation is 1. The van der Waals surface area contributed by atoms with Gasteiger partial charge < -0.3 is 10.5 Å². The zero-order valence-corrected chi connectivity index (χ0v) is 19.0. The Hall–Kier alpha value is -2.44. The molecule has 2 aliphatic heterocycles. The normalized spacial score (nSPS) is 26.6. The fraction of sp³-hybridized carbons (Fsp3) is 0.458. The summed E-state index contributed by atoms with van der Waals surface area (Å²) in [4.78, 5) is 24.0. The van der Waals surface area contributed by atoms with Crippen LogP contribution in [0.1, 0.15) is 55.5 Å². The second-order valence-electron chi connectivity index (χ2n) is 8.81. The number of halogens is 1. The van der Waals surface area contributed by atoms with Crippen molar-refractivity contribution in [3.05, 3.63) is 63.9 Å². The molecule has 2 aromatic rings. The van der Waals surface area contributed by atoms with E-state index in [9.17, 15) is 4.79 Å². The van der Waals surface area contributed by atoms with Crippen LogP contribution in [0.5, 0.6) is 0 Å². The van der Waals surface area contributed by atoms with E-state index in [1.165, 1.54) is 0 Å². The van der Waals surface area contributed by atoms with Crippen LogP contribution in [0.15, 0.2) is 41.5 Å². The van der Waals surface area contributed by atoms with Crippen LogP contribution in [-0.2, 0) is 21.5 Å². The highest BCUT2D eigenvalue weighted by molar-refractivity contribution is 6.32. The van der Waals surface area contributed by atoms with E-state index < -0.39 is 5.54 Å². The fourth-order valence-electron chi connectivity index (χ4n) is 4.56. The molecule has 0 bridgehead atoms. The Bertz CT molecular complexity index is 1010. The van der Waals surface area contributed by atoms with Crippen molar-refractivity contribution in [2.24, 2.45) is 10.7 Å². The molecule has 6 nitrogen and oxygen atoms in total. The Morgan fingerprint density at radius 3 is 2.81 bits per heavy atom. The van der Waals surface area contributed by atoms with Crippen LogP contribution in [0.4, 0.5) is 0 Å². The smallest absolute Gasteiger partial charge is 0.232 e. The zero-order chi connectivity index (χ0) is 22.2. The molecule has 2 N–H and O–H groups in total. The Labute approximate surface area is 188 Å². The molecule has 1 aromatic heterocycles.